The molecule has 1 aromatic rings. The quantitative estimate of drug-likeness (QED) is 0.832. The maximum atomic E-state index is 9.25. The van der Waals surface area contributed by atoms with Crippen LogP contribution in [0.3, 0.4) is 0 Å². The minimum Gasteiger partial charge on any atom is -0.496 e. The predicted molar refractivity (Wildman–Crippen MR) is 77.6 cm³/mol. The number of aliphatic hydroxyl groups excluding tert-OH is 1. The third-order valence-electron chi connectivity index (χ3n) is 3.79. The summed E-state index contributed by atoms with van der Waals surface area (Å²) in [5.41, 5.74) is 7.93. The smallest absolute Gasteiger partial charge is 0.123 e. The standard InChI is InChI=1S/C15H24N2O3/c1-11-10-20-14(9-18)8-17(11)7-13-5-12(6-16)3-4-15(13)19-2/h3-5,11,14,18H,6-10,16H2,1-2H3. The van der Waals surface area contributed by atoms with Crippen LogP contribution in [0.4, 0.5) is 0 Å². The van der Waals surface area contributed by atoms with Crippen molar-refractivity contribution in [1.82, 2.24) is 4.90 Å². The Morgan fingerprint density at radius 1 is 1.50 bits per heavy atom. The van der Waals surface area contributed by atoms with Crippen molar-refractivity contribution in [1.29, 1.82) is 0 Å². The van der Waals surface area contributed by atoms with E-state index in [4.69, 9.17) is 15.2 Å². The predicted octanol–water partition coefficient (Wildman–Crippen LogP) is 0.735. The molecular weight excluding hydrogens is 256 g/mol. The van der Waals surface area contributed by atoms with Gasteiger partial charge in [0.05, 0.1) is 26.4 Å². The highest BCUT2D eigenvalue weighted by Crippen LogP contribution is 2.24. The van der Waals surface area contributed by atoms with E-state index < -0.39 is 0 Å². The molecule has 2 atom stereocenters. The lowest BCUT2D eigenvalue weighted by Gasteiger charge is -2.37. The van der Waals surface area contributed by atoms with Gasteiger partial charge in [-0.2, -0.15) is 0 Å². The van der Waals surface area contributed by atoms with Crippen LogP contribution in [0.5, 0.6) is 5.75 Å². The topological polar surface area (TPSA) is 68.0 Å². The van der Waals surface area contributed by atoms with Crippen molar-refractivity contribution in [3.63, 3.8) is 0 Å². The summed E-state index contributed by atoms with van der Waals surface area (Å²) in [6.07, 6.45) is -0.102. The third kappa shape index (κ3) is 3.49. The van der Waals surface area contributed by atoms with Gasteiger partial charge in [0.1, 0.15) is 5.75 Å². The molecule has 1 aromatic carbocycles. The van der Waals surface area contributed by atoms with Gasteiger partial charge in [-0.3, -0.25) is 4.90 Å². The first-order chi connectivity index (χ1) is 9.67. The summed E-state index contributed by atoms with van der Waals surface area (Å²) in [7, 11) is 1.68. The Morgan fingerprint density at radius 2 is 2.30 bits per heavy atom. The van der Waals surface area contributed by atoms with Crippen molar-refractivity contribution in [2.24, 2.45) is 5.73 Å². The van der Waals surface area contributed by atoms with Crippen molar-refractivity contribution >= 4 is 0 Å². The van der Waals surface area contributed by atoms with E-state index in [0.717, 1.165) is 30.0 Å². The van der Waals surface area contributed by atoms with Crippen LogP contribution in [-0.4, -0.2) is 49.0 Å². The lowest BCUT2D eigenvalue weighted by Crippen LogP contribution is -2.48. The first-order valence-corrected chi connectivity index (χ1v) is 7.00. The zero-order valence-corrected chi connectivity index (χ0v) is 12.2. The Kier molecular flexibility index (Phi) is 5.37. The van der Waals surface area contributed by atoms with Crippen LogP contribution in [0, 0.1) is 0 Å². The van der Waals surface area contributed by atoms with Crippen molar-refractivity contribution < 1.29 is 14.6 Å². The van der Waals surface area contributed by atoms with E-state index in [1.165, 1.54) is 0 Å². The highest BCUT2D eigenvalue weighted by atomic mass is 16.5. The van der Waals surface area contributed by atoms with Gasteiger partial charge in [-0.25, -0.2) is 0 Å². The Morgan fingerprint density at radius 3 is 2.95 bits per heavy atom. The molecule has 1 aliphatic rings. The zero-order valence-electron chi connectivity index (χ0n) is 12.2. The Hall–Kier alpha value is -1.14. The maximum absolute atomic E-state index is 9.25. The number of hydrogen-bond acceptors (Lipinski definition) is 5. The number of morpholine rings is 1. The molecule has 0 aromatic heterocycles. The molecule has 0 amide bonds. The molecule has 2 rings (SSSR count). The number of aliphatic hydroxyl groups is 1. The van der Waals surface area contributed by atoms with E-state index in [-0.39, 0.29) is 12.7 Å². The van der Waals surface area contributed by atoms with Crippen LogP contribution in [-0.2, 0) is 17.8 Å². The van der Waals surface area contributed by atoms with E-state index in [0.29, 0.717) is 19.2 Å². The maximum Gasteiger partial charge on any atom is 0.123 e. The minimum absolute atomic E-state index is 0.0587. The molecule has 0 bridgehead atoms. The number of benzene rings is 1. The summed E-state index contributed by atoms with van der Waals surface area (Å²) in [6, 6.07) is 6.37. The summed E-state index contributed by atoms with van der Waals surface area (Å²) >= 11 is 0. The number of nitrogens with zero attached hydrogens (tertiary/aromatic N) is 1. The normalized spacial score (nSPS) is 23.8. The van der Waals surface area contributed by atoms with E-state index in [2.05, 4.69) is 17.9 Å². The number of hydrogen-bond donors (Lipinski definition) is 2. The fourth-order valence-electron chi connectivity index (χ4n) is 2.51. The van der Waals surface area contributed by atoms with Crippen molar-refractivity contribution in [3.8, 4) is 5.75 Å². The number of nitrogens with two attached hydrogens (primary N) is 1. The van der Waals surface area contributed by atoms with Crippen LogP contribution < -0.4 is 10.5 Å². The molecule has 0 saturated carbocycles. The van der Waals surface area contributed by atoms with E-state index in [1.54, 1.807) is 7.11 Å². The highest BCUT2D eigenvalue weighted by Gasteiger charge is 2.26. The van der Waals surface area contributed by atoms with Crippen LogP contribution in [0.25, 0.3) is 0 Å². The number of methoxy groups -OCH3 is 1. The molecule has 112 valence electrons. The lowest BCUT2D eigenvalue weighted by atomic mass is 10.1. The summed E-state index contributed by atoms with van der Waals surface area (Å²) in [4.78, 5) is 2.31. The molecule has 3 N–H and O–H groups in total. The van der Waals surface area contributed by atoms with E-state index in [9.17, 15) is 5.11 Å². The average Bonchev–Trinajstić information content (AvgIpc) is 2.49. The number of rotatable bonds is 5. The van der Waals surface area contributed by atoms with Gasteiger partial charge in [0.2, 0.25) is 0 Å². The van der Waals surface area contributed by atoms with Gasteiger partial charge in [-0.05, 0) is 24.6 Å². The van der Waals surface area contributed by atoms with Gasteiger partial charge < -0.3 is 20.3 Å². The highest BCUT2D eigenvalue weighted by molar-refractivity contribution is 5.37. The first kappa shape index (κ1) is 15.3. The molecule has 1 fully saturated rings. The van der Waals surface area contributed by atoms with Gasteiger partial charge in [0, 0.05) is 31.2 Å². The van der Waals surface area contributed by atoms with Crippen molar-refractivity contribution in [2.75, 3.05) is 26.9 Å². The molecular formula is C15H24N2O3. The average molecular weight is 280 g/mol. The van der Waals surface area contributed by atoms with E-state index >= 15 is 0 Å². The monoisotopic (exact) mass is 280 g/mol. The molecule has 1 saturated heterocycles. The Balaban J connectivity index is 2.14. The van der Waals surface area contributed by atoms with E-state index in [1.807, 2.05) is 12.1 Å². The molecule has 2 unspecified atom stereocenters. The SMILES string of the molecule is COc1ccc(CN)cc1CN1CC(CO)OCC1C. The molecule has 20 heavy (non-hydrogen) atoms. The van der Waals surface area contributed by atoms with Gasteiger partial charge in [0.15, 0.2) is 0 Å². The number of ether oxygens (including phenoxy) is 2. The largest absolute Gasteiger partial charge is 0.496 e. The van der Waals surface area contributed by atoms with Crippen LogP contribution in [0.1, 0.15) is 18.1 Å². The minimum atomic E-state index is -0.102. The molecule has 5 heteroatoms. The fraction of sp³-hybridized carbons (Fsp3) is 0.600. The van der Waals surface area contributed by atoms with Crippen molar-refractivity contribution in [3.05, 3.63) is 29.3 Å². The summed E-state index contributed by atoms with van der Waals surface area (Å²) < 4.78 is 11.0. The molecule has 0 spiro atoms. The van der Waals surface area contributed by atoms with Gasteiger partial charge in [0.25, 0.3) is 0 Å². The molecule has 5 nitrogen and oxygen atoms in total. The second-order valence-corrected chi connectivity index (χ2v) is 5.27. The Bertz CT molecular complexity index is 439. The second-order valence-electron chi connectivity index (χ2n) is 5.27. The van der Waals surface area contributed by atoms with Gasteiger partial charge in [-0.1, -0.05) is 6.07 Å². The van der Waals surface area contributed by atoms with Crippen molar-refractivity contribution in [2.45, 2.75) is 32.2 Å². The molecule has 0 radical (unpaired) electrons. The molecule has 1 heterocycles. The zero-order chi connectivity index (χ0) is 14.5. The Labute approximate surface area is 120 Å². The lowest BCUT2D eigenvalue weighted by molar-refractivity contribution is -0.0806. The summed E-state index contributed by atoms with van der Waals surface area (Å²) in [5.74, 6) is 0.876. The third-order valence-corrected chi connectivity index (χ3v) is 3.79. The second kappa shape index (κ2) is 7.04. The fourth-order valence-corrected chi connectivity index (χ4v) is 2.51. The summed E-state index contributed by atoms with van der Waals surface area (Å²) in [6.45, 7) is 4.86. The van der Waals surface area contributed by atoms with Crippen LogP contribution in [0.15, 0.2) is 18.2 Å². The van der Waals surface area contributed by atoms with Crippen LogP contribution in [0.2, 0.25) is 0 Å². The van der Waals surface area contributed by atoms with Gasteiger partial charge >= 0.3 is 0 Å². The first-order valence-electron chi connectivity index (χ1n) is 7.00. The van der Waals surface area contributed by atoms with Crippen LogP contribution >= 0.6 is 0 Å². The summed E-state index contributed by atoms with van der Waals surface area (Å²) in [5, 5.41) is 9.25. The van der Waals surface area contributed by atoms with Gasteiger partial charge in [-0.15, -0.1) is 0 Å². The molecule has 0 aliphatic carbocycles. The molecule has 1 aliphatic heterocycles.